The van der Waals surface area contributed by atoms with E-state index in [0.29, 0.717) is 6.54 Å². The first-order chi connectivity index (χ1) is 9.13. The second kappa shape index (κ2) is 6.42. The number of aliphatic hydroxyl groups is 4. The highest BCUT2D eigenvalue weighted by molar-refractivity contribution is 4.88. The van der Waals surface area contributed by atoms with Crippen molar-refractivity contribution in [3.8, 4) is 0 Å². The van der Waals surface area contributed by atoms with Crippen LogP contribution in [0.1, 0.15) is 0 Å². The van der Waals surface area contributed by atoms with Crippen molar-refractivity contribution >= 4 is 0 Å². The lowest BCUT2D eigenvalue weighted by Crippen LogP contribution is -2.59. The van der Waals surface area contributed by atoms with E-state index in [1.165, 1.54) is 0 Å². The molecule has 1 aromatic heterocycles. The van der Waals surface area contributed by atoms with Crippen LogP contribution in [0.2, 0.25) is 0 Å². The summed E-state index contributed by atoms with van der Waals surface area (Å²) in [4.78, 5) is 3.87. The average molecular weight is 274 g/mol. The quantitative estimate of drug-likeness (QED) is 0.477. The molecule has 108 valence electrons. The fourth-order valence-electron chi connectivity index (χ4n) is 1.90. The molecule has 0 radical (unpaired) electrons. The second-order valence-corrected chi connectivity index (χ2v) is 4.37. The predicted molar refractivity (Wildman–Crippen MR) is 61.9 cm³/mol. The molecule has 1 fully saturated rings. The molecule has 1 aliphatic rings. The molecule has 1 aromatic rings. The van der Waals surface area contributed by atoms with Crippen molar-refractivity contribution in [2.75, 3.05) is 13.2 Å². The molecule has 0 bridgehead atoms. The van der Waals surface area contributed by atoms with E-state index < -0.39 is 37.3 Å². The summed E-state index contributed by atoms with van der Waals surface area (Å²) in [5.74, 6) is 0. The normalized spacial score (nSPS) is 35.5. The molecule has 5 atom stereocenters. The fourth-order valence-corrected chi connectivity index (χ4v) is 1.90. The molecule has 19 heavy (non-hydrogen) atoms. The Morgan fingerprint density at radius 1 is 1.21 bits per heavy atom. The molecular weight excluding hydrogens is 256 g/mol. The minimum Gasteiger partial charge on any atom is -0.394 e. The topological polar surface area (TPSA) is 117 Å². The summed E-state index contributed by atoms with van der Waals surface area (Å²) in [6.45, 7) is 0.278. The van der Waals surface area contributed by atoms with E-state index in [-0.39, 0.29) is 6.61 Å². The summed E-state index contributed by atoms with van der Waals surface area (Å²) in [5, 5.41) is 37.9. The third-order valence-electron chi connectivity index (χ3n) is 3.04. The van der Waals surface area contributed by atoms with Gasteiger partial charge in [0.2, 0.25) is 0 Å². The molecule has 5 unspecified atom stereocenters. The van der Waals surface area contributed by atoms with E-state index in [1.54, 1.807) is 23.3 Å². The van der Waals surface area contributed by atoms with Gasteiger partial charge in [-0.2, -0.15) is 0 Å². The van der Waals surface area contributed by atoms with Crippen LogP contribution in [0, 0.1) is 0 Å². The molecule has 2 rings (SSSR count). The van der Waals surface area contributed by atoms with E-state index in [9.17, 15) is 15.3 Å². The zero-order chi connectivity index (χ0) is 13.8. The van der Waals surface area contributed by atoms with Crippen molar-refractivity contribution < 1.29 is 29.9 Å². The summed E-state index contributed by atoms with van der Waals surface area (Å²) in [6.07, 6.45) is -1.16. The van der Waals surface area contributed by atoms with Gasteiger partial charge < -0.3 is 34.5 Å². The monoisotopic (exact) mass is 274 g/mol. The van der Waals surface area contributed by atoms with Crippen LogP contribution in [-0.4, -0.2) is 73.9 Å². The molecule has 4 N–H and O–H groups in total. The average Bonchev–Trinajstić information content (AvgIpc) is 2.92. The molecule has 0 spiro atoms. The number of rotatable bonds is 5. The van der Waals surface area contributed by atoms with Crippen LogP contribution in [-0.2, 0) is 16.0 Å². The van der Waals surface area contributed by atoms with Crippen molar-refractivity contribution in [2.45, 2.75) is 37.3 Å². The number of nitrogens with zero attached hydrogens (tertiary/aromatic N) is 2. The van der Waals surface area contributed by atoms with Gasteiger partial charge >= 0.3 is 0 Å². The molecule has 0 aromatic carbocycles. The Morgan fingerprint density at radius 3 is 2.63 bits per heavy atom. The Labute approximate surface area is 109 Å². The van der Waals surface area contributed by atoms with Crippen LogP contribution >= 0.6 is 0 Å². The number of ether oxygens (including phenoxy) is 2. The predicted octanol–water partition coefficient (Wildman–Crippen LogP) is -2.30. The Bertz CT molecular complexity index is 371. The maximum atomic E-state index is 9.72. The first kappa shape index (κ1) is 14.4. The van der Waals surface area contributed by atoms with Gasteiger partial charge in [0.05, 0.1) is 19.5 Å². The van der Waals surface area contributed by atoms with Crippen LogP contribution in [0.25, 0.3) is 0 Å². The Balaban J connectivity index is 1.84. The van der Waals surface area contributed by atoms with Crippen molar-refractivity contribution in [3.63, 3.8) is 0 Å². The number of imidazole rings is 1. The number of hydrogen-bond acceptors (Lipinski definition) is 7. The smallest absolute Gasteiger partial charge is 0.186 e. The number of aliphatic hydroxyl groups excluding tert-OH is 4. The van der Waals surface area contributed by atoms with Gasteiger partial charge in [-0.3, -0.25) is 0 Å². The highest BCUT2D eigenvalue weighted by atomic mass is 16.7. The van der Waals surface area contributed by atoms with Crippen molar-refractivity contribution in [1.29, 1.82) is 0 Å². The highest BCUT2D eigenvalue weighted by Gasteiger charge is 2.43. The second-order valence-electron chi connectivity index (χ2n) is 4.37. The summed E-state index contributed by atoms with van der Waals surface area (Å²) in [7, 11) is 0. The Hall–Kier alpha value is -1.03. The lowest BCUT2D eigenvalue weighted by molar-refractivity contribution is -0.301. The van der Waals surface area contributed by atoms with Crippen LogP contribution in [0.15, 0.2) is 18.7 Å². The molecule has 0 saturated carbocycles. The third kappa shape index (κ3) is 3.30. The first-order valence-corrected chi connectivity index (χ1v) is 6.01. The van der Waals surface area contributed by atoms with Crippen LogP contribution in [0.4, 0.5) is 0 Å². The van der Waals surface area contributed by atoms with Crippen molar-refractivity contribution in [2.24, 2.45) is 0 Å². The molecule has 8 nitrogen and oxygen atoms in total. The molecule has 2 heterocycles. The first-order valence-electron chi connectivity index (χ1n) is 6.01. The maximum Gasteiger partial charge on any atom is 0.186 e. The lowest BCUT2D eigenvalue weighted by Gasteiger charge is -2.39. The lowest BCUT2D eigenvalue weighted by atomic mass is 9.99. The fraction of sp³-hybridized carbons (Fsp3) is 0.727. The zero-order valence-corrected chi connectivity index (χ0v) is 10.2. The van der Waals surface area contributed by atoms with Gasteiger partial charge in [0.15, 0.2) is 6.29 Å². The SMILES string of the molecule is OCC1OC(OCCn2ccnc2)C(O)C(O)C1O. The molecule has 1 saturated heterocycles. The molecule has 0 amide bonds. The summed E-state index contributed by atoms with van der Waals surface area (Å²) in [5.41, 5.74) is 0. The highest BCUT2D eigenvalue weighted by Crippen LogP contribution is 2.21. The summed E-state index contributed by atoms with van der Waals surface area (Å²) >= 11 is 0. The summed E-state index contributed by atoms with van der Waals surface area (Å²) in [6, 6.07) is 0. The van der Waals surface area contributed by atoms with Gasteiger partial charge in [-0.25, -0.2) is 4.98 Å². The van der Waals surface area contributed by atoms with Crippen LogP contribution < -0.4 is 0 Å². The molecular formula is C11H18N2O6. The Morgan fingerprint density at radius 2 is 2.00 bits per heavy atom. The van der Waals surface area contributed by atoms with Crippen LogP contribution in [0.5, 0.6) is 0 Å². The maximum absolute atomic E-state index is 9.72. The van der Waals surface area contributed by atoms with E-state index in [4.69, 9.17) is 14.6 Å². The number of hydrogen-bond donors (Lipinski definition) is 4. The minimum absolute atomic E-state index is 0.235. The van der Waals surface area contributed by atoms with Gasteiger partial charge in [0.25, 0.3) is 0 Å². The van der Waals surface area contributed by atoms with Gasteiger partial charge in [0.1, 0.15) is 24.4 Å². The van der Waals surface area contributed by atoms with Crippen molar-refractivity contribution in [3.05, 3.63) is 18.7 Å². The van der Waals surface area contributed by atoms with Gasteiger partial charge in [-0.05, 0) is 0 Å². The third-order valence-corrected chi connectivity index (χ3v) is 3.04. The standard InChI is InChI=1S/C11H18N2O6/c14-5-7-8(15)9(16)10(17)11(19-7)18-4-3-13-2-1-12-6-13/h1-2,6-11,14-17H,3-5H2. The number of aromatic nitrogens is 2. The van der Waals surface area contributed by atoms with Crippen LogP contribution in [0.3, 0.4) is 0 Å². The van der Waals surface area contributed by atoms with E-state index in [2.05, 4.69) is 4.98 Å². The van der Waals surface area contributed by atoms with E-state index in [1.807, 2.05) is 0 Å². The van der Waals surface area contributed by atoms with E-state index in [0.717, 1.165) is 0 Å². The molecule has 0 aliphatic carbocycles. The van der Waals surface area contributed by atoms with Gasteiger partial charge in [-0.1, -0.05) is 0 Å². The largest absolute Gasteiger partial charge is 0.394 e. The molecule has 8 heteroatoms. The Kier molecular flexibility index (Phi) is 4.86. The van der Waals surface area contributed by atoms with E-state index >= 15 is 0 Å². The summed E-state index contributed by atoms with van der Waals surface area (Å²) < 4.78 is 12.3. The van der Waals surface area contributed by atoms with Gasteiger partial charge in [-0.15, -0.1) is 0 Å². The minimum atomic E-state index is -1.41. The molecule has 1 aliphatic heterocycles. The van der Waals surface area contributed by atoms with Crippen molar-refractivity contribution in [1.82, 2.24) is 9.55 Å². The van der Waals surface area contributed by atoms with Gasteiger partial charge in [0, 0.05) is 18.9 Å². The zero-order valence-electron chi connectivity index (χ0n) is 10.2.